The highest BCUT2D eigenvalue weighted by molar-refractivity contribution is 9.10. The number of hydrogen-bond donors (Lipinski definition) is 1. The zero-order chi connectivity index (χ0) is 14.6. The number of carbonyl (C=O) groups is 1. The number of benzene rings is 1. The van der Waals surface area contributed by atoms with Crippen LogP contribution in [0.15, 0.2) is 27.6 Å². The molecule has 106 valence electrons. The van der Waals surface area contributed by atoms with E-state index in [9.17, 15) is 9.90 Å². The molecule has 0 aliphatic heterocycles. The van der Waals surface area contributed by atoms with Gasteiger partial charge in [0.1, 0.15) is 5.60 Å². The minimum absolute atomic E-state index is 0.228. The summed E-state index contributed by atoms with van der Waals surface area (Å²) in [7, 11) is 0. The lowest BCUT2D eigenvalue weighted by Gasteiger charge is -2.19. The summed E-state index contributed by atoms with van der Waals surface area (Å²) in [5, 5.41) is 9.53. The van der Waals surface area contributed by atoms with Crippen LogP contribution in [0.1, 0.15) is 39.4 Å². The van der Waals surface area contributed by atoms with Crippen molar-refractivity contribution in [2.75, 3.05) is 5.75 Å². The molecule has 0 aromatic heterocycles. The number of aliphatic hydroxyl groups excluding tert-OH is 1. The maximum atomic E-state index is 11.6. The van der Waals surface area contributed by atoms with E-state index in [0.717, 1.165) is 14.9 Å². The molecule has 0 radical (unpaired) electrons. The van der Waals surface area contributed by atoms with Gasteiger partial charge >= 0.3 is 5.97 Å². The van der Waals surface area contributed by atoms with E-state index in [0.29, 0.717) is 0 Å². The van der Waals surface area contributed by atoms with Gasteiger partial charge in [0, 0.05) is 9.37 Å². The Morgan fingerprint density at radius 2 is 2.11 bits per heavy atom. The molecular weight excluding hydrogens is 328 g/mol. The first-order valence-electron chi connectivity index (χ1n) is 6.01. The fourth-order valence-electron chi connectivity index (χ4n) is 1.45. The average molecular weight is 347 g/mol. The van der Waals surface area contributed by atoms with Crippen molar-refractivity contribution in [1.29, 1.82) is 0 Å². The number of hydrogen-bond acceptors (Lipinski definition) is 4. The molecule has 5 heteroatoms. The van der Waals surface area contributed by atoms with E-state index in [1.165, 1.54) is 11.8 Å². The first kappa shape index (κ1) is 16.5. The van der Waals surface area contributed by atoms with Crippen LogP contribution >= 0.6 is 27.7 Å². The van der Waals surface area contributed by atoms with Gasteiger partial charge in [0.15, 0.2) is 0 Å². The summed E-state index contributed by atoms with van der Waals surface area (Å²) in [6.45, 7) is 7.27. The molecule has 1 aromatic rings. The maximum absolute atomic E-state index is 11.6. The topological polar surface area (TPSA) is 46.5 Å². The molecule has 0 saturated heterocycles. The van der Waals surface area contributed by atoms with Gasteiger partial charge < -0.3 is 9.84 Å². The number of thioether (sulfide) groups is 1. The molecule has 0 heterocycles. The van der Waals surface area contributed by atoms with Crippen LogP contribution < -0.4 is 0 Å². The van der Waals surface area contributed by atoms with Crippen molar-refractivity contribution in [3.8, 4) is 0 Å². The quantitative estimate of drug-likeness (QED) is 0.662. The molecule has 0 unspecified atom stereocenters. The van der Waals surface area contributed by atoms with Crippen molar-refractivity contribution in [3.05, 3.63) is 28.2 Å². The summed E-state index contributed by atoms with van der Waals surface area (Å²) in [4.78, 5) is 12.6. The van der Waals surface area contributed by atoms with E-state index in [1.807, 2.05) is 39.0 Å². The highest BCUT2D eigenvalue weighted by Crippen LogP contribution is 2.29. The summed E-state index contributed by atoms with van der Waals surface area (Å²) in [5.74, 6) is 0.0470. The minimum atomic E-state index is -0.515. The van der Waals surface area contributed by atoms with Gasteiger partial charge in [-0.25, -0.2) is 0 Å². The van der Waals surface area contributed by atoms with Crippen LogP contribution in [0.3, 0.4) is 0 Å². The SMILES string of the molecule is C[C@H](O)c1ccc(SCC(=O)OC(C)(C)C)cc1Br. The van der Waals surface area contributed by atoms with Gasteiger partial charge in [0.05, 0.1) is 11.9 Å². The Morgan fingerprint density at radius 1 is 1.47 bits per heavy atom. The molecule has 0 amide bonds. The first-order valence-corrected chi connectivity index (χ1v) is 7.79. The molecule has 0 aliphatic rings. The van der Waals surface area contributed by atoms with Crippen LogP contribution in [0.4, 0.5) is 0 Å². The van der Waals surface area contributed by atoms with Crippen molar-refractivity contribution in [2.24, 2.45) is 0 Å². The lowest BCUT2D eigenvalue weighted by Crippen LogP contribution is -2.24. The summed E-state index contributed by atoms with van der Waals surface area (Å²) < 4.78 is 6.08. The molecule has 3 nitrogen and oxygen atoms in total. The van der Waals surface area contributed by atoms with Crippen molar-refractivity contribution in [3.63, 3.8) is 0 Å². The fourth-order valence-corrected chi connectivity index (χ4v) is 3.02. The van der Waals surface area contributed by atoms with Gasteiger partial charge in [-0.2, -0.15) is 0 Å². The number of rotatable bonds is 4. The number of ether oxygens (including phenoxy) is 1. The molecule has 0 spiro atoms. The summed E-state index contributed by atoms with van der Waals surface area (Å²) >= 11 is 4.83. The van der Waals surface area contributed by atoms with Crippen LogP contribution in [-0.2, 0) is 9.53 Å². The Labute approximate surface area is 126 Å². The molecule has 1 N–H and O–H groups in total. The maximum Gasteiger partial charge on any atom is 0.316 e. The van der Waals surface area contributed by atoms with E-state index in [-0.39, 0.29) is 11.7 Å². The first-order chi connectivity index (χ1) is 8.69. The van der Waals surface area contributed by atoms with Crippen LogP contribution in [-0.4, -0.2) is 22.4 Å². The highest BCUT2D eigenvalue weighted by atomic mass is 79.9. The Balaban J connectivity index is 2.59. The van der Waals surface area contributed by atoms with Crippen LogP contribution in [0.5, 0.6) is 0 Å². The zero-order valence-electron chi connectivity index (χ0n) is 11.6. The number of halogens is 1. The van der Waals surface area contributed by atoms with Crippen molar-refractivity contribution in [1.82, 2.24) is 0 Å². The van der Waals surface area contributed by atoms with E-state index >= 15 is 0 Å². The number of esters is 1. The third kappa shape index (κ3) is 5.97. The monoisotopic (exact) mass is 346 g/mol. The van der Waals surface area contributed by atoms with Gasteiger partial charge in [0.25, 0.3) is 0 Å². The molecule has 0 saturated carbocycles. The van der Waals surface area contributed by atoms with Gasteiger partial charge in [-0.3, -0.25) is 4.79 Å². The Kier molecular flexibility index (Phi) is 5.89. The van der Waals surface area contributed by atoms with Gasteiger partial charge in [-0.1, -0.05) is 22.0 Å². The second-order valence-electron chi connectivity index (χ2n) is 5.23. The zero-order valence-corrected chi connectivity index (χ0v) is 14.0. The van der Waals surface area contributed by atoms with Gasteiger partial charge in [0.2, 0.25) is 0 Å². The Morgan fingerprint density at radius 3 is 2.58 bits per heavy atom. The molecule has 0 fully saturated rings. The smallest absolute Gasteiger partial charge is 0.316 e. The van der Waals surface area contributed by atoms with Crippen molar-refractivity contribution in [2.45, 2.75) is 44.3 Å². The average Bonchev–Trinajstić information content (AvgIpc) is 2.23. The second-order valence-corrected chi connectivity index (χ2v) is 7.14. The van der Waals surface area contributed by atoms with Crippen LogP contribution in [0, 0.1) is 0 Å². The van der Waals surface area contributed by atoms with E-state index in [4.69, 9.17) is 4.74 Å². The summed E-state index contributed by atoms with van der Waals surface area (Å²) in [6, 6.07) is 5.64. The molecule has 1 aromatic carbocycles. The lowest BCUT2D eigenvalue weighted by molar-refractivity contribution is -0.151. The molecule has 1 rings (SSSR count). The van der Waals surface area contributed by atoms with Crippen LogP contribution in [0.2, 0.25) is 0 Å². The third-order valence-electron chi connectivity index (χ3n) is 2.20. The third-order valence-corrected chi connectivity index (χ3v) is 3.85. The summed E-state index contributed by atoms with van der Waals surface area (Å²) in [6.07, 6.45) is -0.515. The summed E-state index contributed by atoms with van der Waals surface area (Å²) in [5.41, 5.74) is 0.385. The molecular formula is C14H19BrO3S. The number of aliphatic hydroxyl groups is 1. The lowest BCUT2D eigenvalue weighted by atomic mass is 10.1. The predicted molar refractivity (Wildman–Crippen MR) is 81.3 cm³/mol. The van der Waals surface area contributed by atoms with E-state index < -0.39 is 11.7 Å². The fraction of sp³-hybridized carbons (Fsp3) is 0.500. The van der Waals surface area contributed by atoms with E-state index in [2.05, 4.69) is 15.9 Å². The normalized spacial score (nSPS) is 13.2. The Hall–Kier alpha value is -0.520. The van der Waals surface area contributed by atoms with Crippen molar-refractivity contribution >= 4 is 33.7 Å². The van der Waals surface area contributed by atoms with Crippen LogP contribution in [0.25, 0.3) is 0 Å². The molecule has 19 heavy (non-hydrogen) atoms. The number of carbonyl (C=O) groups excluding carboxylic acids is 1. The second kappa shape index (κ2) is 6.77. The van der Waals surface area contributed by atoms with Gasteiger partial charge in [-0.05, 0) is 45.4 Å². The van der Waals surface area contributed by atoms with E-state index in [1.54, 1.807) is 6.92 Å². The Bertz CT molecular complexity index is 452. The van der Waals surface area contributed by atoms with Crippen molar-refractivity contribution < 1.29 is 14.6 Å². The highest BCUT2D eigenvalue weighted by Gasteiger charge is 2.16. The minimum Gasteiger partial charge on any atom is -0.459 e. The van der Waals surface area contributed by atoms with Gasteiger partial charge in [-0.15, -0.1) is 11.8 Å². The largest absolute Gasteiger partial charge is 0.459 e. The standard InChI is InChI=1S/C14H19BrO3S/c1-9(16)11-6-5-10(7-12(11)15)19-8-13(17)18-14(2,3)4/h5-7,9,16H,8H2,1-4H3/t9-/m0/s1. The molecule has 0 aliphatic carbocycles. The molecule has 0 bridgehead atoms. The molecule has 1 atom stereocenters. The predicted octanol–water partition coefficient (Wildman–Crippen LogP) is 3.94.